The Morgan fingerprint density at radius 3 is 2.41 bits per heavy atom. The van der Waals surface area contributed by atoms with Gasteiger partial charge < -0.3 is 19.5 Å². The van der Waals surface area contributed by atoms with Crippen LogP contribution >= 0.6 is 0 Å². The lowest BCUT2D eigenvalue weighted by atomic mass is 10.1. The third-order valence-electron chi connectivity index (χ3n) is 4.07. The zero-order valence-electron chi connectivity index (χ0n) is 16.6. The minimum Gasteiger partial charge on any atom is -0.490 e. The zero-order valence-corrected chi connectivity index (χ0v) is 16.6. The minimum atomic E-state index is -0.244. The van der Waals surface area contributed by atoms with Crippen LogP contribution < -0.4 is 19.5 Å². The summed E-state index contributed by atoms with van der Waals surface area (Å²) in [5, 5.41) is 11.0. The Morgan fingerprint density at radius 2 is 1.72 bits per heavy atom. The van der Waals surface area contributed by atoms with Gasteiger partial charge in [-0.15, -0.1) is 10.2 Å². The molecule has 150 valence electrons. The van der Waals surface area contributed by atoms with Gasteiger partial charge in [0.15, 0.2) is 11.5 Å². The molecule has 0 fully saturated rings. The summed E-state index contributed by atoms with van der Waals surface area (Å²) in [6, 6.07) is 16.1. The highest BCUT2D eigenvalue weighted by Crippen LogP contribution is 2.29. The van der Waals surface area contributed by atoms with E-state index in [2.05, 4.69) is 15.5 Å². The molecule has 0 aliphatic rings. The number of anilines is 1. The number of amides is 1. The van der Waals surface area contributed by atoms with Crippen molar-refractivity contribution < 1.29 is 19.0 Å². The smallest absolute Gasteiger partial charge is 0.255 e. The maximum atomic E-state index is 12.7. The first-order chi connectivity index (χ1) is 14.1. The number of carbonyl (C=O) groups excluding carboxylic acids is 1. The first-order valence-electron chi connectivity index (χ1n) is 9.33. The van der Waals surface area contributed by atoms with Gasteiger partial charge in [0.1, 0.15) is 0 Å². The number of nitrogens with zero attached hydrogens (tertiary/aromatic N) is 2. The van der Waals surface area contributed by atoms with Crippen LogP contribution in [-0.2, 0) is 0 Å². The van der Waals surface area contributed by atoms with Gasteiger partial charge in [0, 0.05) is 22.9 Å². The van der Waals surface area contributed by atoms with E-state index in [1.165, 1.54) is 7.11 Å². The van der Waals surface area contributed by atoms with Crippen LogP contribution in [0.3, 0.4) is 0 Å². The lowest BCUT2D eigenvalue weighted by Crippen LogP contribution is -2.12. The van der Waals surface area contributed by atoms with Crippen LogP contribution in [0.2, 0.25) is 0 Å². The summed E-state index contributed by atoms with van der Waals surface area (Å²) in [5.74, 6) is 1.36. The largest absolute Gasteiger partial charge is 0.490 e. The van der Waals surface area contributed by atoms with Gasteiger partial charge in [0.25, 0.3) is 5.91 Å². The van der Waals surface area contributed by atoms with Crippen molar-refractivity contribution in [3.63, 3.8) is 0 Å². The molecule has 1 aromatic heterocycles. The first kappa shape index (κ1) is 20.1. The second kappa shape index (κ2) is 9.54. The minimum absolute atomic E-state index is 0.244. The molecular weight excluding hydrogens is 370 g/mol. The molecule has 1 amide bonds. The molecule has 0 spiro atoms. The molecule has 7 nitrogen and oxygen atoms in total. The summed E-state index contributed by atoms with van der Waals surface area (Å²) < 4.78 is 16.2. The lowest BCUT2D eigenvalue weighted by molar-refractivity contribution is 0.102. The number of rotatable bonds is 8. The summed E-state index contributed by atoms with van der Waals surface area (Å²) in [7, 11) is 1.54. The molecule has 2 aromatic carbocycles. The second-order valence-electron chi connectivity index (χ2n) is 6.02. The lowest BCUT2D eigenvalue weighted by Gasteiger charge is -2.13. The number of aromatic nitrogens is 2. The molecule has 29 heavy (non-hydrogen) atoms. The van der Waals surface area contributed by atoms with E-state index in [-0.39, 0.29) is 5.91 Å². The topological polar surface area (TPSA) is 82.6 Å². The molecule has 0 aliphatic carbocycles. The Labute approximate surface area is 169 Å². The van der Waals surface area contributed by atoms with Crippen molar-refractivity contribution in [3.05, 3.63) is 60.2 Å². The van der Waals surface area contributed by atoms with Crippen molar-refractivity contribution in [1.82, 2.24) is 10.2 Å². The van der Waals surface area contributed by atoms with Crippen LogP contribution in [0.5, 0.6) is 17.4 Å². The molecule has 3 aromatic rings. The van der Waals surface area contributed by atoms with Gasteiger partial charge in [-0.2, -0.15) is 0 Å². The number of carbonyl (C=O) groups is 1. The van der Waals surface area contributed by atoms with Gasteiger partial charge in [0.2, 0.25) is 5.88 Å². The Morgan fingerprint density at radius 1 is 0.931 bits per heavy atom. The van der Waals surface area contributed by atoms with Gasteiger partial charge >= 0.3 is 0 Å². The van der Waals surface area contributed by atoms with Gasteiger partial charge in [-0.05, 0) is 50.2 Å². The summed E-state index contributed by atoms with van der Waals surface area (Å²) in [4.78, 5) is 12.7. The third-order valence-corrected chi connectivity index (χ3v) is 4.07. The quantitative estimate of drug-likeness (QED) is 0.618. The number of benzene rings is 2. The van der Waals surface area contributed by atoms with Crippen LogP contribution in [0.15, 0.2) is 54.6 Å². The van der Waals surface area contributed by atoms with E-state index >= 15 is 0 Å². The highest BCUT2D eigenvalue weighted by Gasteiger charge is 2.12. The SMILES string of the molecule is CCOc1ccc(C(=O)Nc2cccc(-c3ccc(OC)nn3)c2)cc1OCC. The fraction of sp³-hybridized carbons (Fsp3) is 0.227. The van der Waals surface area contributed by atoms with Crippen molar-refractivity contribution in [2.45, 2.75) is 13.8 Å². The molecular formula is C22H23N3O4. The van der Waals surface area contributed by atoms with Crippen molar-refractivity contribution in [2.75, 3.05) is 25.6 Å². The molecule has 0 radical (unpaired) electrons. The third kappa shape index (κ3) is 5.01. The van der Waals surface area contributed by atoms with Crippen molar-refractivity contribution in [2.24, 2.45) is 0 Å². The molecule has 0 bridgehead atoms. The Kier molecular flexibility index (Phi) is 6.63. The monoisotopic (exact) mass is 393 g/mol. The van der Waals surface area contributed by atoms with Gasteiger partial charge in [-0.1, -0.05) is 12.1 Å². The average Bonchev–Trinajstić information content (AvgIpc) is 2.75. The van der Waals surface area contributed by atoms with Crippen LogP contribution in [0, 0.1) is 0 Å². The molecule has 0 saturated heterocycles. The average molecular weight is 393 g/mol. The number of nitrogens with one attached hydrogen (secondary N) is 1. The summed E-state index contributed by atoms with van der Waals surface area (Å²) in [6.45, 7) is 4.79. The van der Waals surface area contributed by atoms with E-state index < -0.39 is 0 Å². The molecule has 7 heteroatoms. The van der Waals surface area contributed by atoms with Gasteiger partial charge in [-0.3, -0.25) is 4.79 Å². The van der Waals surface area contributed by atoms with Crippen LogP contribution in [-0.4, -0.2) is 36.4 Å². The second-order valence-corrected chi connectivity index (χ2v) is 6.02. The van der Waals surface area contributed by atoms with Crippen molar-refractivity contribution >= 4 is 11.6 Å². The standard InChI is InChI=1S/C22H23N3O4/c1-4-28-19-11-9-16(14-20(19)29-5-2)22(26)23-17-8-6-7-15(13-17)18-10-12-21(27-3)25-24-18/h6-14H,4-5H2,1-3H3,(H,23,26). The Hall–Kier alpha value is -3.61. The number of ether oxygens (including phenoxy) is 3. The van der Waals surface area contributed by atoms with E-state index in [1.54, 1.807) is 24.3 Å². The predicted molar refractivity (Wildman–Crippen MR) is 111 cm³/mol. The van der Waals surface area contributed by atoms with Gasteiger partial charge in [0.05, 0.1) is 26.0 Å². The van der Waals surface area contributed by atoms with Crippen molar-refractivity contribution in [3.8, 4) is 28.6 Å². The molecule has 0 aliphatic heterocycles. The van der Waals surface area contributed by atoms with Crippen LogP contribution in [0.4, 0.5) is 5.69 Å². The fourth-order valence-electron chi connectivity index (χ4n) is 2.73. The van der Waals surface area contributed by atoms with Crippen LogP contribution in [0.25, 0.3) is 11.3 Å². The molecule has 3 rings (SSSR count). The molecule has 1 N–H and O–H groups in total. The molecule has 1 heterocycles. The molecule has 0 unspecified atom stereocenters. The van der Waals surface area contributed by atoms with Crippen LogP contribution in [0.1, 0.15) is 24.2 Å². The van der Waals surface area contributed by atoms with E-state index in [0.29, 0.717) is 47.5 Å². The Bertz CT molecular complexity index is 974. The Balaban J connectivity index is 1.79. The van der Waals surface area contributed by atoms with E-state index in [4.69, 9.17) is 14.2 Å². The maximum Gasteiger partial charge on any atom is 0.255 e. The summed E-state index contributed by atoms with van der Waals surface area (Å²) in [5.41, 5.74) is 2.64. The highest BCUT2D eigenvalue weighted by molar-refractivity contribution is 6.04. The number of hydrogen-bond donors (Lipinski definition) is 1. The molecule has 0 saturated carbocycles. The summed E-state index contributed by atoms with van der Waals surface area (Å²) in [6.07, 6.45) is 0. The van der Waals surface area contributed by atoms with E-state index in [9.17, 15) is 4.79 Å². The van der Waals surface area contributed by atoms with E-state index in [1.807, 2.05) is 44.2 Å². The maximum absolute atomic E-state index is 12.7. The number of methoxy groups -OCH3 is 1. The zero-order chi connectivity index (χ0) is 20.6. The molecule has 0 atom stereocenters. The van der Waals surface area contributed by atoms with Crippen molar-refractivity contribution in [1.29, 1.82) is 0 Å². The number of hydrogen-bond acceptors (Lipinski definition) is 6. The van der Waals surface area contributed by atoms with E-state index in [0.717, 1.165) is 5.56 Å². The fourth-order valence-corrected chi connectivity index (χ4v) is 2.73. The highest BCUT2D eigenvalue weighted by atomic mass is 16.5. The normalized spacial score (nSPS) is 10.3. The summed E-state index contributed by atoms with van der Waals surface area (Å²) >= 11 is 0. The first-order valence-corrected chi connectivity index (χ1v) is 9.33. The van der Waals surface area contributed by atoms with Gasteiger partial charge in [-0.25, -0.2) is 0 Å². The predicted octanol–water partition coefficient (Wildman–Crippen LogP) is 4.20.